The summed E-state index contributed by atoms with van der Waals surface area (Å²) >= 11 is 0. The fraction of sp³-hybridized carbons (Fsp3) is 0.882. The highest BCUT2D eigenvalue weighted by Gasteiger charge is 2.17. The van der Waals surface area contributed by atoms with Crippen LogP contribution in [0.15, 0.2) is 4.99 Å². The highest BCUT2D eigenvalue weighted by Crippen LogP contribution is 2.15. The van der Waals surface area contributed by atoms with E-state index < -0.39 is 0 Å². The normalized spacial score (nSPS) is 19.4. The molecule has 0 bridgehead atoms. The Hall–Kier alpha value is -1.30. The van der Waals surface area contributed by atoms with Crippen molar-refractivity contribution in [3.63, 3.8) is 0 Å². The van der Waals surface area contributed by atoms with Crippen molar-refractivity contribution < 1.29 is 4.79 Å². The van der Waals surface area contributed by atoms with Crippen LogP contribution in [0.25, 0.3) is 0 Å². The monoisotopic (exact) mass is 325 g/mol. The highest BCUT2D eigenvalue weighted by molar-refractivity contribution is 5.81. The van der Waals surface area contributed by atoms with Gasteiger partial charge >= 0.3 is 0 Å². The molecular weight excluding hydrogens is 290 g/mol. The topological polar surface area (TPSA) is 68.8 Å². The number of guanidine groups is 1. The largest absolute Gasteiger partial charge is 0.356 e. The van der Waals surface area contributed by atoms with Gasteiger partial charge in [0.25, 0.3) is 0 Å². The van der Waals surface area contributed by atoms with Crippen LogP contribution in [0.1, 0.15) is 52.4 Å². The Balaban J connectivity index is 2.08. The summed E-state index contributed by atoms with van der Waals surface area (Å²) in [5.41, 5.74) is 0. The summed E-state index contributed by atoms with van der Waals surface area (Å²) in [6, 6.07) is 0.725. The molecular formula is C17H35N5O. The summed E-state index contributed by atoms with van der Waals surface area (Å²) in [6.45, 7) is 9.03. The number of rotatable bonds is 9. The maximum Gasteiger partial charge on any atom is 0.221 e. The summed E-state index contributed by atoms with van der Waals surface area (Å²) in [4.78, 5) is 18.3. The van der Waals surface area contributed by atoms with Gasteiger partial charge in [-0.3, -0.25) is 9.79 Å². The maximum atomic E-state index is 11.5. The second-order valence-electron chi connectivity index (χ2n) is 6.26. The minimum Gasteiger partial charge on any atom is -0.356 e. The van der Waals surface area contributed by atoms with E-state index in [9.17, 15) is 4.79 Å². The van der Waals surface area contributed by atoms with E-state index in [-0.39, 0.29) is 5.91 Å². The maximum absolute atomic E-state index is 11.5. The number of carbonyl (C=O) groups is 1. The molecule has 0 aromatic heterocycles. The minimum absolute atomic E-state index is 0.0916. The van der Waals surface area contributed by atoms with Gasteiger partial charge < -0.3 is 20.9 Å². The quantitative estimate of drug-likeness (QED) is 0.340. The summed E-state index contributed by atoms with van der Waals surface area (Å²) in [5.74, 6) is 0.869. The van der Waals surface area contributed by atoms with Gasteiger partial charge in [-0.05, 0) is 39.2 Å². The Labute approximate surface area is 141 Å². The summed E-state index contributed by atoms with van der Waals surface area (Å²) < 4.78 is 0. The number of likely N-dealkylation sites (tertiary alicyclic amines) is 1. The van der Waals surface area contributed by atoms with Crippen molar-refractivity contribution in [3.8, 4) is 0 Å². The third kappa shape index (κ3) is 8.79. The predicted octanol–water partition coefficient (Wildman–Crippen LogP) is 1.33. The molecule has 0 spiro atoms. The van der Waals surface area contributed by atoms with Gasteiger partial charge in [0.2, 0.25) is 5.91 Å². The lowest BCUT2D eigenvalue weighted by Crippen LogP contribution is -2.42. The van der Waals surface area contributed by atoms with E-state index in [4.69, 9.17) is 0 Å². The zero-order chi connectivity index (χ0) is 16.9. The van der Waals surface area contributed by atoms with Gasteiger partial charge in [0.05, 0.1) is 0 Å². The lowest BCUT2D eigenvalue weighted by molar-refractivity contribution is -0.120. The Morgan fingerprint density at radius 2 is 1.96 bits per heavy atom. The fourth-order valence-electron chi connectivity index (χ4n) is 2.85. The van der Waals surface area contributed by atoms with Crippen molar-refractivity contribution in [3.05, 3.63) is 0 Å². The van der Waals surface area contributed by atoms with E-state index in [2.05, 4.69) is 39.7 Å². The molecule has 1 aliphatic heterocycles. The second kappa shape index (κ2) is 12.2. The van der Waals surface area contributed by atoms with Crippen LogP contribution in [0.2, 0.25) is 0 Å². The standard InChI is InChI=1S/C17H35N5O/c1-4-10-19-16(23)9-12-21-17(18-3)20-11-7-14-22-13-6-5-8-15(22)2/h15H,4-14H2,1-3H3,(H,19,23)(H2,18,20,21). The SMILES string of the molecule is CCCNC(=O)CCNC(=NC)NCCCN1CCCCC1C. The molecule has 1 amide bonds. The van der Waals surface area contributed by atoms with Crippen molar-refractivity contribution in [2.24, 2.45) is 4.99 Å². The van der Waals surface area contributed by atoms with Crippen LogP contribution in [0.3, 0.4) is 0 Å². The van der Waals surface area contributed by atoms with Gasteiger partial charge in [-0.15, -0.1) is 0 Å². The molecule has 1 heterocycles. The number of nitrogens with zero attached hydrogens (tertiary/aromatic N) is 2. The van der Waals surface area contributed by atoms with Crippen LogP contribution in [-0.2, 0) is 4.79 Å². The first kappa shape index (κ1) is 19.7. The van der Waals surface area contributed by atoms with Gasteiger partial charge in [0.1, 0.15) is 0 Å². The van der Waals surface area contributed by atoms with Crippen molar-refractivity contribution >= 4 is 11.9 Å². The average Bonchev–Trinajstić information content (AvgIpc) is 2.56. The molecule has 1 fully saturated rings. The lowest BCUT2D eigenvalue weighted by atomic mass is 10.0. The minimum atomic E-state index is 0.0916. The van der Waals surface area contributed by atoms with Gasteiger partial charge in [0, 0.05) is 45.7 Å². The molecule has 23 heavy (non-hydrogen) atoms. The third-order valence-electron chi connectivity index (χ3n) is 4.30. The number of hydrogen-bond acceptors (Lipinski definition) is 3. The van der Waals surface area contributed by atoms with Crippen LogP contribution in [-0.4, -0.2) is 62.6 Å². The lowest BCUT2D eigenvalue weighted by Gasteiger charge is -2.33. The second-order valence-corrected chi connectivity index (χ2v) is 6.26. The molecule has 0 radical (unpaired) electrons. The van der Waals surface area contributed by atoms with E-state index in [0.717, 1.165) is 44.5 Å². The first-order valence-electron chi connectivity index (χ1n) is 9.12. The zero-order valence-corrected chi connectivity index (χ0v) is 15.2. The molecule has 1 rings (SSSR count). The highest BCUT2D eigenvalue weighted by atomic mass is 16.1. The van der Waals surface area contributed by atoms with Crippen molar-refractivity contribution in [2.75, 3.05) is 39.8 Å². The van der Waals surface area contributed by atoms with Gasteiger partial charge in [-0.1, -0.05) is 13.3 Å². The molecule has 6 nitrogen and oxygen atoms in total. The van der Waals surface area contributed by atoms with Gasteiger partial charge in [-0.25, -0.2) is 0 Å². The van der Waals surface area contributed by atoms with E-state index in [0.29, 0.717) is 13.0 Å². The number of piperidine rings is 1. The molecule has 0 aromatic rings. The van der Waals surface area contributed by atoms with Crippen molar-refractivity contribution in [1.29, 1.82) is 0 Å². The molecule has 1 saturated heterocycles. The molecule has 1 unspecified atom stereocenters. The predicted molar refractivity (Wildman–Crippen MR) is 96.8 cm³/mol. The Bertz CT molecular complexity index is 359. The zero-order valence-electron chi connectivity index (χ0n) is 15.2. The Kier molecular flexibility index (Phi) is 10.4. The number of hydrogen-bond donors (Lipinski definition) is 3. The van der Waals surface area contributed by atoms with Crippen LogP contribution in [0.5, 0.6) is 0 Å². The van der Waals surface area contributed by atoms with Gasteiger partial charge in [-0.2, -0.15) is 0 Å². The first-order chi connectivity index (χ1) is 11.2. The number of amides is 1. The molecule has 1 aliphatic rings. The van der Waals surface area contributed by atoms with Gasteiger partial charge in [0.15, 0.2) is 5.96 Å². The fourth-order valence-corrected chi connectivity index (χ4v) is 2.85. The molecule has 0 saturated carbocycles. The Morgan fingerprint density at radius 1 is 1.17 bits per heavy atom. The number of nitrogens with one attached hydrogen (secondary N) is 3. The average molecular weight is 326 g/mol. The van der Waals surface area contributed by atoms with E-state index in [1.807, 2.05) is 0 Å². The van der Waals surface area contributed by atoms with Crippen molar-refractivity contribution in [2.45, 2.75) is 58.4 Å². The summed E-state index contributed by atoms with van der Waals surface area (Å²) in [5, 5.41) is 9.38. The Morgan fingerprint density at radius 3 is 2.65 bits per heavy atom. The summed E-state index contributed by atoms with van der Waals surface area (Å²) in [7, 11) is 1.76. The summed E-state index contributed by atoms with van der Waals surface area (Å²) in [6.07, 6.45) is 6.60. The first-order valence-corrected chi connectivity index (χ1v) is 9.12. The molecule has 6 heteroatoms. The molecule has 0 aromatic carbocycles. The van der Waals surface area contributed by atoms with E-state index in [1.165, 1.54) is 25.8 Å². The number of carbonyl (C=O) groups excluding carboxylic acids is 1. The van der Waals surface area contributed by atoms with E-state index in [1.54, 1.807) is 7.05 Å². The van der Waals surface area contributed by atoms with Crippen LogP contribution in [0.4, 0.5) is 0 Å². The smallest absolute Gasteiger partial charge is 0.221 e. The van der Waals surface area contributed by atoms with Crippen LogP contribution in [0, 0.1) is 0 Å². The van der Waals surface area contributed by atoms with Crippen LogP contribution >= 0.6 is 0 Å². The van der Waals surface area contributed by atoms with Crippen molar-refractivity contribution in [1.82, 2.24) is 20.9 Å². The third-order valence-corrected chi connectivity index (χ3v) is 4.30. The molecule has 134 valence electrons. The molecule has 0 aliphatic carbocycles. The van der Waals surface area contributed by atoms with Crippen LogP contribution < -0.4 is 16.0 Å². The number of aliphatic imine (C=N–C) groups is 1. The molecule has 1 atom stereocenters. The van der Waals surface area contributed by atoms with E-state index >= 15 is 0 Å². The molecule has 3 N–H and O–H groups in total.